The number of fused-ring (bicyclic) bond motifs is 1. The van der Waals surface area contributed by atoms with Crippen LogP contribution in [0.3, 0.4) is 0 Å². The molecular weight excluding hydrogens is 262 g/mol. The number of urea groups is 1. The highest BCUT2D eigenvalue weighted by Gasteiger charge is 2.22. The van der Waals surface area contributed by atoms with Crippen molar-refractivity contribution in [2.24, 2.45) is 0 Å². The number of nitrogens with two attached hydrogens (primary N) is 1. The lowest BCUT2D eigenvalue weighted by molar-refractivity contribution is 0.245. The highest BCUT2D eigenvalue weighted by Crippen LogP contribution is 2.29. The Labute approximate surface area is 124 Å². The number of carbonyl (C=O) groups excluding carboxylic acids is 1. The summed E-state index contributed by atoms with van der Waals surface area (Å²) in [6, 6.07) is 15.6. The van der Waals surface area contributed by atoms with Gasteiger partial charge in [0.15, 0.2) is 0 Å². The van der Waals surface area contributed by atoms with Gasteiger partial charge in [0.1, 0.15) is 0 Å². The van der Waals surface area contributed by atoms with Gasteiger partial charge in [0.05, 0.1) is 5.69 Å². The van der Waals surface area contributed by atoms with Crippen LogP contribution in [0.4, 0.5) is 16.2 Å². The lowest BCUT2D eigenvalue weighted by Crippen LogP contribution is -2.42. The number of amides is 2. The monoisotopic (exact) mass is 281 g/mol. The number of hydrogen-bond acceptors (Lipinski definition) is 2. The molecule has 0 saturated heterocycles. The third-order valence-electron chi connectivity index (χ3n) is 3.76. The molecule has 3 rings (SSSR count). The van der Waals surface area contributed by atoms with Crippen molar-refractivity contribution < 1.29 is 4.79 Å². The van der Waals surface area contributed by atoms with Crippen LogP contribution < -0.4 is 16.0 Å². The molecule has 0 spiro atoms. The maximum Gasteiger partial charge on any atom is 0.322 e. The summed E-state index contributed by atoms with van der Waals surface area (Å²) in [4.78, 5) is 14.2. The Bertz CT molecular complexity index is 640. The normalized spacial score (nSPS) is 13.6. The van der Waals surface area contributed by atoms with Gasteiger partial charge < -0.3 is 11.1 Å². The Morgan fingerprint density at radius 2 is 2.00 bits per heavy atom. The zero-order valence-corrected chi connectivity index (χ0v) is 11.9. The maximum absolute atomic E-state index is 12.4. The molecule has 0 fully saturated rings. The molecule has 0 aromatic heterocycles. The van der Waals surface area contributed by atoms with Crippen molar-refractivity contribution in [1.29, 1.82) is 0 Å². The van der Waals surface area contributed by atoms with Gasteiger partial charge in [-0.2, -0.15) is 0 Å². The molecule has 2 aromatic carbocycles. The molecule has 2 amide bonds. The molecule has 0 radical (unpaired) electrons. The van der Waals surface area contributed by atoms with Crippen molar-refractivity contribution in [1.82, 2.24) is 5.32 Å². The van der Waals surface area contributed by atoms with Crippen molar-refractivity contribution in [3.8, 4) is 0 Å². The highest BCUT2D eigenvalue weighted by atomic mass is 16.2. The molecule has 2 aromatic rings. The third kappa shape index (κ3) is 2.99. The molecule has 21 heavy (non-hydrogen) atoms. The van der Waals surface area contributed by atoms with Crippen molar-refractivity contribution in [3.63, 3.8) is 0 Å². The lowest BCUT2D eigenvalue weighted by Gasteiger charge is -2.29. The molecule has 4 heteroatoms. The van der Waals surface area contributed by atoms with Crippen LogP contribution >= 0.6 is 0 Å². The minimum Gasteiger partial charge on any atom is -0.399 e. The van der Waals surface area contributed by atoms with E-state index in [2.05, 4.69) is 5.32 Å². The molecule has 4 nitrogen and oxygen atoms in total. The Morgan fingerprint density at radius 1 is 1.19 bits per heavy atom. The van der Waals surface area contributed by atoms with Gasteiger partial charge in [0.2, 0.25) is 0 Å². The topological polar surface area (TPSA) is 58.4 Å². The van der Waals surface area contributed by atoms with Crippen LogP contribution in [-0.2, 0) is 13.0 Å². The molecule has 1 heterocycles. The first-order chi connectivity index (χ1) is 10.2. The van der Waals surface area contributed by atoms with Crippen LogP contribution in [0.2, 0.25) is 0 Å². The van der Waals surface area contributed by atoms with Crippen molar-refractivity contribution >= 4 is 17.4 Å². The van der Waals surface area contributed by atoms with Gasteiger partial charge in [-0.3, -0.25) is 4.90 Å². The smallest absolute Gasteiger partial charge is 0.322 e. The number of nitrogen functional groups attached to an aromatic ring is 1. The van der Waals surface area contributed by atoms with Crippen LogP contribution in [0.1, 0.15) is 17.5 Å². The number of anilines is 2. The first kappa shape index (κ1) is 13.5. The van der Waals surface area contributed by atoms with E-state index in [0.29, 0.717) is 12.2 Å². The summed E-state index contributed by atoms with van der Waals surface area (Å²) >= 11 is 0. The fourth-order valence-corrected chi connectivity index (χ4v) is 2.67. The second kappa shape index (κ2) is 5.87. The van der Waals surface area contributed by atoms with Crippen LogP contribution in [0.5, 0.6) is 0 Å². The van der Waals surface area contributed by atoms with Gasteiger partial charge in [0, 0.05) is 18.8 Å². The summed E-state index contributed by atoms with van der Waals surface area (Å²) in [7, 11) is 0. The van der Waals surface area contributed by atoms with Gasteiger partial charge in [0.25, 0.3) is 0 Å². The SMILES string of the molecule is Nc1ccc2c(c1)N(C(=O)NCc1ccccc1)CCC2. The standard InChI is InChI=1S/C17H19N3O/c18-15-9-8-14-7-4-10-20(16(14)11-15)17(21)19-12-13-5-2-1-3-6-13/h1-3,5-6,8-9,11H,4,7,10,12,18H2,(H,19,21). The molecule has 1 aliphatic heterocycles. The quantitative estimate of drug-likeness (QED) is 0.831. The van der Waals surface area contributed by atoms with Gasteiger partial charge in [-0.25, -0.2) is 4.79 Å². The number of hydrogen-bond donors (Lipinski definition) is 2. The zero-order chi connectivity index (χ0) is 14.7. The van der Waals surface area contributed by atoms with E-state index in [9.17, 15) is 4.79 Å². The lowest BCUT2D eigenvalue weighted by atomic mass is 10.0. The average Bonchev–Trinajstić information content (AvgIpc) is 2.53. The van der Waals surface area contributed by atoms with E-state index < -0.39 is 0 Å². The predicted molar refractivity (Wildman–Crippen MR) is 85.2 cm³/mol. The van der Waals surface area contributed by atoms with Gasteiger partial charge in [-0.1, -0.05) is 36.4 Å². The molecule has 3 N–H and O–H groups in total. The van der Waals surface area contributed by atoms with E-state index >= 15 is 0 Å². The number of benzene rings is 2. The summed E-state index contributed by atoms with van der Waals surface area (Å²) in [5.74, 6) is 0. The number of rotatable bonds is 2. The molecule has 0 unspecified atom stereocenters. The largest absolute Gasteiger partial charge is 0.399 e. The van der Waals surface area contributed by atoms with Gasteiger partial charge in [-0.05, 0) is 36.1 Å². The number of aryl methyl sites for hydroxylation is 1. The molecule has 108 valence electrons. The summed E-state index contributed by atoms with van der Waals surface area (Å²) in [5.41, 5.74) is 9.76. The van der Waals surface area contributed by atoms with Crippen LogP contribution in [0.15, 0.2) is 48.5 Å². The fourth-order valence-electron chi connectivity index (χ4n) is 2.67. The fraction of sp³-hybridized carbons (Fsp3) is 0.235. The minimum atomic E-state index is -0.0644. The minimum absolute atomic E-state index is 0.0644. The Morgan fingerprint density at radius 3 is 2.81 bits per heavy atom. The van der Waals surface area contributed by atoms with Crippen LogP contribution in [-0.4, -0.2) is 12.6 Å². The molecule has 1 aliphatic rings. The summed E-state index contributed by atoms with van der Waals surface area (Å²) in [6.45, 7) is 1.27. The molecular formula is C17H19N3O. The van der Waals surface area contributed by atoms with E-state index in [4.69, 9.17) is 5.73 Å². The maximum atomic E-state index is 12.4. The van der Waals surface area contributed by atoms with Gasteiger partial charge in [-0.15, -0.1) is 0 Å². The first-order valence-corrected chi connectivity index (χ1v) is 7.22. The van der Waals surface area contributed by atoms with Crippen LogP contribution in [0, 0.1) is 0 Å². The highest BCUT2D eigenvalue weighted by molar-refractivity contribution is 5.93. The Balaban J connectivity index is 1.73. The second-order valence-electron chi connectivity index (χ2n) is 5.29. The predicted octanol–water partition coefficient (Wildman–Crippen LogP) is 2.93. The second-order valence-corrected chi connectivity index (χ2v) is 5.29. The Hall–Kier alpha value is -2.49. The third-order valence-corrected chi connectivity index (χ3v) is 3.76. The average molecular weight is 281 g/mol. The molecule has 0 saturated carbocycles. The van der Waals surface area contributed by atoms with Crippen LogP contribution in [0.25, 0.3) is 0 Å². The zero-order valence-electron chi connectivity index (χ0n) is 11.9. The number of nitrogens with one attached hydrogen (secondary N) is 1. The van der Waals surface area contributed by atoms with E-state index in [1.54, 1.807) is 4.90 Å². The van der Waals surface area contributed by atoms with Crippen molar-refractivity contribution in [3.05, 3.63) is 59.7 Å². The van der Waals surface area contributed by atoms with E-state index in [0.717, 1.165) is 30.6 Å². The van der Waals surface area contributed by atoms with E-state index in [1.807, 2.05) is 48.5 Å². The number of nitrogens with zero attached hydrogens (tertiary/aromatic N) is 1. The van der Waals surface area contributed by atoms with Gasteiger partial charge >= 0.3 is 6.03 Å². The molecule has 0 bridgehead atoms. The van der Waals surface area contributed by atoms with Crippen molar-refractivity contribution in [2.45, 2.75) is 19.4 Å². The molecule has 0 aliphatic carbocycles. The summed E-state index contributed by atoms with van der Waals surface area (Å²) in [6.07, 6.45) is 1.98. The van der Waals surface area contributed by atoms with Crippen molar-refractivity contribution in [2.75, 3.05) is 17.2 Å². The Kier molecular flexibility index (Phi) is 3.77. The van der Waals surface area contributed by atoms with E-state index in [1.165, 1.54) is 5.56 Å². The van der Waals surface area contributed by atoms with E-state index in [-0.39, 0.29) is 6.03 Å². The summed E-state index contributed by atoms with van der Waals surface area (Å²) in [5, 5.41) is 2.98. The molecule has 0 atom stereocenters. The number of carbonyl (C=O) groups is 1. The first-order valence-electron chi connectivity index (χ1n) is 7.22. The summed E-state index contributed by atoms with van der Waals surface area (Å²) < 4.78 is 0.